The fourth-order valence-corrected chi connectivity index (χ4v) is 1.51. The van der Waals surface area contributed by atoms with Crippen LogP contribution in [0.25, 0.3) is 0 Å². The van der Waals surface area contributed by atoms with Crippen molar-refractivity contribution in [2.45, 2.75) is 6.54 Å². The van der Waals surface area contributed by atoms with Gasteiger partial charge in [-0.1, -0.05) is 0 Å². The quantitative estimate of drug-likeness (QED) is 0.268. The van der Waals surface area contributed by atoms with E-state index >= 15 is 0 Å². The lowest BCUT2D eigenvalue weighted by Crippen LogP contribution is -2.33. The number of hydrogen-bond donors (Lipinski definition) is 3. The van der Waals surface area contributed by atoms with Crippen LogP contribution in [0.2, 0.25) is 0 Å². The Morgan fingerprint density at radius 1 is 1.59 bits per heavy atom. The molecule has 0 aromatic carbocycles. The number of rotatable bonds is 3. The molecule has 0 atom stereocenters. The molecule has 0 radical (unpaired) electrons. The van der Waals surface area contributed by atoms with Gasteiger partial charge in [0.25, 0.3) is 0 Å². The number of nitrogen functional groups attached to an aromatic ring is 1. The molecule has 0 unspecified atom stereocenters. The van der Waals surface area contributed by atoms with Gasteiger partial charge >= 0.3 is 11.9 Å². The first-order valence-corrected chi connectivity index (χ1v) is 4.79. The second-order valence-electron chi connectivity index (χ2n) is 3.39. The molecule has 4 N–H and O–H groups in total. The van der Waals surface area contributed by atoms with E-state index in [-0.39, 0.29) is 24.8 Å². The molecule has 17 heavy (non-hydrogen) atoms. The number of nitrogens with two attached hydrogens (primary N) is 1. The first-order valence-electron chi connectivity index (χ1n) is 4.79. The molecule has 1 aliphatic heterocycles. The van der Waals surface area contributed by atoms with Gasteiger partial charge in [0.05, 0.1) is 19.4 Å². The Hall–Kier alpha value is -2.35. The summed E-state index contributed by atoms with van der Waals surface area (Å²) in [5.41, 5.74) is 2.33. The molecule has 2 rings (SSSR count). The summed E-state index contributed by atoms with van der Waals surface area (Å²) in [5, 5.41) is 2.38. The smallest absolute Gasteiger partial charge is 0.324 e. The van der Waals surface area contributed by atoms with Crippen LogP contribution in [-0.4, -0.2) is 29.3 Å². The number of imide groups is 1. The fraction of sp³-hybridized carbons (Fsp3) is 0.222. The van der Waals surface area contributed by atoms with E-state index in [9.17, 15) is 14.4 Å². The molecule has 1 aromatic rings. The van der Waals surface area contributed by atoms with Crippen LogP contribution in [0.3, 0.4) is 0 Å². The number of amides is 4. The summed E-state index contributed by atoms with van der Waals surface area (Å²) in [6.07, 6.45) is 1.29. The van der Waals surface area contributed by atoms with Gasteiger partial charge in [-0.2, -0.15) is 0 Å². The van der Waals surface area contributed by atoms with E-state index in [0.29, 0.717) is 5.56 Å². The molecule has 1 aliphatic rings. The van der Waals surface area contributed by atoms with Crippen molar-refractivity contribution in [1.82, 2.24) is 15.6 Å². The van der Waals surface area contributed by atoms with Gasteiger partial charge in [-0.05, 0) is 6.07 Å². The molecule has 1 aromatic heterocycles. The summed E-state index contributed by atoms with van der Waals surface area (Å²) >= 11 is 0. The summed E-state index contributed by atoms with van der Waals surface area (Å²) < 4.78 is 4.94. The average molecular weight is 238 g/mol. The zero-order valence-electron chi connectivity index (χ0n) is 8.73. The number of nitrogens with zero attached hydrogens (tertiary/aromatic N) is 1. The summed E-state index contributed by atoms with van der Waals surface area (Å²) in [5.74, 6) is 4.00. The maximum atomic E-state index is 11.3. The minimum atomic E-state index is -0.614. The first-order chi connectivity index (χ1) is 8.13. The van der Waals surface area contributed by atoms with Gasteiger partial charge in [0.15, 0.2) is 5.76 Å². The van der Waals surface area contributed by atoms with Crippen molar-refractivity contribution >= 4 is 17.8 Å². The average Bonchev–Trinajstić information content (AvgIpc) is 2.90. The molecule has 0 saturated carbocycles. The third-order valence-corrected chi connectivity index (χ3v) is 2.35. The van der Waals surface area contributed by atoms with Gasteiger partial charge in [-0.25, -0.2) is 10.6 Å². The summed E-state index contributed by atoms with van der Waals surface area (Å²) in [6, 6.07) is 1.01. The van der Waals surface area contributed by atoms with Crippen LogP contribution in [-0.2, 0) is 11.3 Å². The molecule has 8 heteroatoms. The second-order valence-corrected chi connectivity index (χ2v) is 3.39. The number of nitrogens with one attached hydrogen (secondary N) is 2. The Balaban J connectivity index is 2.19. The molecular weight excluding hydrogens is 228 g/mol. The molecular formula is C9H10N4O4. The topological polar surface area (TPSA) is 118 Å². The monoisotopic (exact) mass is 238 g/mol. The minimum absolute atomic E-state index is 0.0139. The number of carbonyl (C=O) groups is 3. The largest absolute Gasteiger partial charge is 0.459 e. The highest BCUT2D eigenvalue weighted by molar-refractivity contribution is 6.02. The van der Waals surface area contributed by atoms with Crippen LogP contribution >= 0.6 is 0 Å². The molecule has 0 spiro atoms. The van der Waals surface area contributed by atoms with E-state index in [1.807, 2.05) is 5.43 Å². The van der Waals surface area contributed by atoms with Crippen molar-refractivity contribution in [2.75, 3.05) is 6.54 Å². The Morgan fingerprint density at radius 3 is 2.94 bits per heavy atom. The summed E-state index contributed by atoms with van der Waals surface area (Å²) in [4.78, 5) is 34.9. The van der Waals surface area contributed by atoms with E-state index < -0.39 is 11.9 Å². The molecule has 0 bridgehead atoms. The number of hydrazine groups is 1. The molecule has 90 valence electrons. The second kappa shape index (κ2) is 4.26. The molecule has 1 fully saturated rings. The molecule has 8 nitrogen and oxygen atoms in total. The van der Waals surface area contributed by atoms with Gasteiger partial charge in [0, 0.05) is 5.56 Å². The molecule has 1 saturated heterocycles. The van der Waals surface area contributed by atoms with E-state index in [1.54, 1.807) is 0 Å². The van der Waals surface area contributed by atoms with Crippen LogP contribution in [0.1, 0.15) is 16.1 Å². The van der Waals surface area contributed by atoms with Crippen LogP contribution < -0.4 is 16.6 Å². The SMILES string of the molecule is NNC(=O)c1occc1CN1C(=O)CNC1=O. The van der Waals surface area contributed by atoms with Crippen molar-refractivity contribution in [3.63, 3.8) is 0 Å². The maximum Gasteiger partial charge on any atom is 0.324 e. The molecule has 4 amide bonds. The van der Waals surface area contributed by atoms with Gasteiger partial charge < -0.3 is 9.73 Å². The van der Waals surface area contributed by atoms with Crippen LogP contribution in [0.4, 0.5) is 4.79 Å². The number of urea groups is 1. The molecule has 0 aliphatic carbocycles. The number of hydrogen-bond acceptors (Lipinski definition) is 5. The highest BCUT2D eigenvalue weighted by atomic mass is 16.3. The summed E-state index contributed by atoms with van der Waals surface area (Å²) in [6.45, 7) is -0.0565. The van der Waals surface area contributed by atoms with E-state index in [4.69, 9.17) is 10.3 Å². The van der Waals surface area contributed by atoms with E-state index in [2.05, 4.69) is 5.32 Å². The highest BCUT2D eigenvalue weighted by Gasteiger charge is 2.30. The normalized spacial score (nSPS) is 15.0. The standard InChI is InChI=1S/C9H10N4O4/c10-12-8(15)7-5(1-2-17-7)4-13-6(14)3-11-9(13)16/h1-2H,3-4,10H2,(H,11,16)(H,12,15). The van der Waals surface area contributed by atoms with Gasteiger partial charge in [0.1, 0.15) is 0 Å². The Labute approximate surface area is 95.7 Å². The number of furan rings is 1. The van der Waals surface area contributed by atoms with Crippen molar-refractivity contribution in [3.8, 4) is 0 Å². The third-order valence-electron chi connectivity index (χ3n) is 2.35. The maximum absolute atomic E-state index is 11.3. The Bertz CT molecular complexity index is 465. The van der Waals surface area contributed by atoms with Crippen molar-refractivity contribution in [1.29, 1.82) is 0 Å². The minimum Gasteiger partial charge on any atom is -0.459 e. The first kappa shape index (κ1) is 11.1. The lowest BCUT2D eigenvalue weighted by atomic mass is 10.2. The lowest BCUT2D eigenvalue weighted by molar-refractivity contribution is -0.125. The van der Waals surface area contributed by atoms with Crippen LogP contribution in [0.5, 0.6) is 0 Å². The predicted molar refractivity (Wildman–Crippen MR) is 54.3 cm³/mol. The Morgan fingerprint density at radius 2 is 2.35 bits per heavy atom. The van der Waals surface area contributed by atoms with Crippen molar-refractivity contribution < 1.29 is 18.8 Å². The summed E-state index contributed by atoms with van der Waals surface area (Å²) in [7, 11) is 0. The molecule has 2 heterocycles. The predicted octanol–water partition coefficient (Wildman–Crippen LogP) is -1.07. The fourth-order valence-electron chi connectivity index (χ4n) is 1.51. The highest BCUT2D eigenvalue weighted by Crippen LogP contribution is 2.14. The number of carbonyl (C=O) groups excluding carboxylic acids is 3. The van der Waals surface area contributed by atoms with Gasteiger partial charge in [-0.15, -0.1) is 0 Å². The van der Waals surface area contributed by atoms with Crippen LogP contribution in [0, 0.1) is 0 Å². The van der Waals surface area contributed by atoms with Crippen LogP contribution in [0.15, 0.2) is 16.7 Å². The van der Waals surface area contributed by atoms with Crippen molar-refractivity contribution in [2.24, 2.45) is 5.84 Å². The van der Waals surface area contributed by atoms with Crippen molar-refractivity contribution in [3.05, 3.63) is 23.7 Å². The van der Waals surface area contributed by atoms with E-state index in [0.717, 1.165) is 4.90 Å². The van der Waals surface area contributed by atoms with Gasteiger partial charge in [-0.3, -0.25) is 19.9 Å². The zero-order valence-corrected chi connectivity index (χ0v) is 8.73. The Kier molecular flexibility index (Phi) is 2.79. The van der Waals surface area contributed by atoms with E-state index in [1.165, 1.54) is 12.3 Å². The van der Waals surface area contributed by atoms with Gasteiger partial charge in [0.2, 0.25) is 5.91 Å². The zero-order chi connectivity index (χ0) is 12.4. The lowest BCUT2D eigenvalue weighted by Gasteiger charge is -2.11. The third kappa shape index (κ3) is 1.97.